The molecule has 2 amide bonds. The Balaban J connectivity index is 0.00000225. The normalized spacial score (nSPS) is 23.7. The van der Waals surface area contributed by atoms with Crippen molar-refractivity contribution < 1.29 is 9.59 Å². The molecule has 0 bridgehead atoms. The van der Waals surface area contributed by atoms with E-state index in [2.05, 4.69) is 10.6 Å². The lowest BCUT2D eigenvalue weighted by Gasteiger charge is -2.33. The summed E-state index contributed by atoms with van der Waals surface area (Å²) in [5.74, 6) is 2.04. The van der Waals surface area contributed by atoms with Gasteiger partial charge in [-0.1, -0.05) is 17.7 Å². The third kappa shape index (κ3) is 5.36. The van der Waals surface area contributed by atoms with E-state index in [0.717, 1.165) is 43.1 Å². The van der Waals surface area contributed by atoms with Gasteiger partial charge in [-0.2, -0.15) is 11.8 Å². The summed E-state index contributed by atoms with van der Waals surface area (Å²) >= 11 is 1.87. The van der Waals surface area contributed by atoms with E-state index in [0.29, 0.717) is 6.42 Å². The van der Waals surface area contributed by atoms with Crippen molar-refractivity contribution in [3.05, 3.63) is 29.8 Å². The van der Waals surface area contributed by atoms with Crippen LogP contribution in [0.3, 0.4) is 0 Å². The molecule has 3 rings (SSSR count). The lowest BCUT2D eigenvalue weighted by atomic mass is 10.0. The second kappa shape index (κ2) is 9.46. The first kappa shape index (κ1) is 20.1. The maximum atomic E-state index is 12.7. The molecule has 2 fully saturated rings. The highest BCUT2D eigenvalue weighted by Crippen LogP contribution is 2.22. The molecule has 1 aromatic carbocycles. The van der Waals surface area contributed by atoms with Gasteiger partial charge in [0.2, 0.25) is 11.8 Å². The molecule has 2 saturated heterocycles. The molecule has 138 valence electrons. The first-order valence-electron chi connectivity index (χ1n) is 8.62. The number of halogens is 1. The minimum atomic E-state index is -0.399. The number of amides is 2. The third-order valence-corrected chi connectivity index (χ3v) is 5.68. The van der Waals surface area contributed by atoms with Gasteiger partial charge in [-0.05, 0) is 31.9 Å². The Bertz CT molecular complexity index is 590. The topological polar surface area (TPSA) is 61.4 Å². The zero-order chi connectivity index (χ0) is 16.9. The Morgan fingerprint density at radius 3 is 2.80 bits per heavy atom. The van der Waals surface area contributed by atoms with Crippen LogP contribution in [0.25, 0.3) is 0 Å². The van der Waals surface area contributed by atoms with E-state index in [4.69, 9.17) is 0 Å². The van der Waals surface area contributed by atoms with Crippen LogP contribution in [-0.2, 0) is 9.59 Å². The Labute approximate surface area is 159 Å². The van der Waals surface area contributed by atoms with Crippen molar-refractivity contribution in [3.63, 3.8) is 0 Å². The monoisotopic (exact) mass is 383 g/mol. The van der Waals surface area contributed by atoms with Crippen LogP contribution in [-0.4, -0.2) is 48.5 Å². The molecule has 0 spiro atoms. The average molecular weight is 384 g/mol. The number of piperidine rings is 1. The van der Waals surface area contributed by atoms with Crippen LogP contribution in [0.15, 0.2) is 24.3 Å². The van der Waals surface area contributed by atoms with Crippen molar-refractivity contribution in [1.82, 2.24) is 10.6 Å². The van der Waals surface area contributed by atoms with Crippen LogP contribution in [0.5, 0.6) is 0 Å². The molecule has 2 aliphatic heterocycles. The number of carbonyl (C=O) groups is 2. The summed E-state index contributed by atoms with van der Waals surface area (Å²) in [5.41, 5.74) is 2.08. The third-order valence-electron chi connectivity index (χ3n) is 4.55. The average Bonchev–Trinajstić information content (AvgIpc) is 2.59. The van der Waals surface area contributed by atoms with Gasteiger partial charge in [-0.15, -0.1) is 12.4 Å². The summed E-state index contributed by atoms with van der Waals surface area (Å²) in [6.07, 6.45) is 2.07. The van der Waals surface area contributed by atoms with Crippen molar-refractivity contribution >= 4 is 41.7 Å². The lowest BCUT2D eigenvalue weighted by Crippen LogP contribution is -2.53. The van der Waals surface area contributed by atoms with Crippen LogP contribution in [0.2, 0.25) is 0 Å². The van der Waals surface area contributed by atoms with E-state index in [1.165, 1.54) is 5.56 Å². The molecule has 2 heterocycles. The van der Waals surface area contributed by atoms with Gasteiger partial charge in [0.1, 0.15) is 6.04 Å². The molecule has 0 aliphatic carbocycles. The molecule has 0 radical (unpaired) electrons. The van der Waals surface area contributed by atoms with E-state index in [1.54, 1.807) is 4.90 Å². The fourth-order valence-corrected chi connectivity index (χ4v) is 4.17. The van der Waals surface area contributed by atoms with E-state index >= 15 is 0 Å². The Morgan fingerprint density at radius 1 is 1.36 bits per heavy atom. The number of hydrogen-bond donors (Lipinski definition) is 2. The summed E-state index contributed by atoms with van der Waals surface area (Å²) in [7, 11) is 0. The smallest absolute Gasteiger partial charge is 0.249 e. The predicted molar refractivity (Wildman–Crippen MR) is 106 cm³/mol. The number of hydrogen-bond acceptors (Lipinski definition) is 4. The van der Waals surface area contributed by atoms with Gasteiger partial charge < -0.3 is 15.5 Å². The first-order valence-corrected chi connectivity index (χ1v) is 9.77. The zero-order valence-corrected chi connectivity index (χ0v) is 16.1. The molecule has 5 nitrogen and oxygen atoms in total. The molecule has 25 heavy (non-hydrogen) atoms. The van der Waals surface area contributed by atoms with E-state index in [-0.39, 0.29) is 30.3 Å². The number of rotatable bonds is 4. The quantitative estimate of drug-likeness (QED) is 0.836. The molecule has 0 saturated carbocycles. The number of benzene rings is 1. The van der Waals surface area contributed by atoms with Gasteiger partial charge in [0.05, 0.1) is 0 Å². The number of carbonyl (C=O) groups excluding carboxylic acids is 2. The highest BCUT2D eigenvalue weighted by molar-refractivity contribution is 7.99. The van der Waals surface area contributed by atoms with Crippen molar-refractivity contribution in [3.8, 4) is 0 Å². The Hall–Kier alpha value is -1.24. The number of nitrogens with zero attached hydrogens (tertiary/aromatic N) is 1. The molecule has 2 aliphatic rings. The highest BCUT2D eigenvalue weighted by Gasteiger charge is 2.31. The Morgan fingerprint density at radius 2 is 2.12 bits per heavy atom. The number of anilines is 1. The van der Waals surface area contributed by atoms with Crippen molar-refractivity contribution in [1.29, 1.82) is 0 Å². The molecule has 0 aromatic heterocycles. The zero-order valence-electron chi connectivity index (χ0n) is 14.5. The summed E-state index contributed by atoms with van der Waals surface area (Å²) < 4.78 is 0. The second-order valence-corrected chi connectivity index (χ2v) is 7.67. The van der Waals surface area contributed by atoms with Gasteiger partial charge in [0.15, 0.2) is 0 Å². The summed E-state index contributed by atoms with van der Waals surface area (Å²) in [4.78, 5) is 26.8. The molecule has 1 aromatic rings. The molecular weight excluding hydrogens is 358 g/mol. The van der Waals surface area contributed by atoms with Crippen LogP contribution in [0.1, 0.15) is 24.8 Å². The molecule has 2 unspecified atom stereocenters. The maximum absolute atomic E-state index is 12.7. The number of nitrogens with one attached hydrogen (secondary N) is 2. The number of aryl methyl sites for hydroxylation is 1. The van der Waals surface area contributed by atoms with Crippen LogP contribution in [0, 0.1) is 6.92 Å². The predicted octanol–water partition coefficient (Wildman–Crippen LogP) is 2.12. The van der Waals surface area contributed by atoms with Gasteiger partial charge in [-0.3, -0.25) is 9.59 Å². The summed E-state index contributed by atoms with van der Waals surface area (Å²) in [6.45, 7) is 3.70. The highest BCUT2D eigenvalue weighted by atomic mass is 35.5. The molecule has 7 heteroatoms. The van der Waals surface area contributed by atoms with E-state index < -0.39 is 6.04 Å². The minimum absolute atomic E-state index is 0. The minimum Gasteiger partial charge on any atom is -0.344 e. The fraction of sp³-hybridized carbons (Fsp3) is 0.556. The SMILES string of the molecule is Cc1ccc(N2CCCC(NC(=O)CC3CSCCN3)C2=O)cc1.Cl. The van der Waals surface area contributed by atoms with Crippen LogP contribution >= 0.6 is 24.2 Å². The van der Waals surface area contributed by atoms with Crippen molar-refractivity contribution in [2.24, 2.45) is 0 Å². The lowest BCUT2D eigenvalue weighted by molar-refractivity contribution is -0.128. The molecule has 2 atom stereocenters. The molecule has 2 N–H and O–H groups in total. The van der Waals surface area contributed by atoms with E-state index in [1.807, 2.05) is 43.0 Å². The van der Waals surface area contributed by atoms with Crippen LogP contribution in [0.4, 0.5) is 5.69 Å². The standard InChI is InChI=1S/C18H25N3O2S.ClH/c1-13-4-6-15(7-5-13)21-9-2-3-16(18(21)23)20-17(22)11-14-12-24-10-8-19-14;/h4-7,14,16,19H,2-3,8-12H2,1H3,(H,20,22);1H. The summed E-state index contributed by atoms with van der Waals surface area (Å²) in [6, 6.07) is 7.79. The molecular formula is C18H26ClN3O2S. The van der Waals surface area contributed by atoms with Crippen molar-refractivity contribution in [2.45, 2.75) is 38.3 Å². The van der Waals surface area contributed by atoms with E-state index in [9.17, 15) is 9.59 Å². The van der Waals surface area contributed by atoms with Crippen molar-refractivity contribution in [2.75, 3.05) is 29.5 Å². The largest absolute Gasteiger partial charge is 0.344 e. The maximum Gasteiger partial charge on any atom is 0.249 e. The van der Waals surface area contributed by atoms with Crippen LogP contribution < -0.4 is 15.5 Å². The van der Waals surface area contributed by atoms with Gasteiger partial charge >= 0.3 is 0 Å². The van der Waals surface area contributed by atoms with Gasteiger partial charge in [0, 0.05) is 42.7 Å². The van der Waals surface area contributed by atoms with Gasteiger partial charge in [-0.25, -0.2) is 0 Å². The first-order chi connectivity index (χ1) is 11.6. The fourth-order valence-electron chi connectivity index (χ4n) is 3.22. The van der Waals surface area contributed by atoms with Gasteiger partial charge in [0.25, 0.3) is 0 Å². The number of thioether (sulfide) groups is 1. The summed E-state index contributed by atoms with van der Waals surface area (Å²) in [5, 5.41) is 6.31. The Kier molecular flexibility index (Phi) is 7.59. The second-order valence-electron chi connectivity index (χ2n) is 6.52.